The van der Waals surface area contributed by atoms with Crippen molar-refractivity contribution in [2.75, 3.05) is 24.2 Å². The van der Waals surface area contributed by atoms with E-state index in [1.807, 2.05) is 67.6 Å². The van der Waals surface area contributed by atoms with Crippen LogP contribution in [0.3, 0.4) is 0 Å². The molecule has 0 aliphatic carbocycles. The Kier molecular flexibility index (Phi) is 9.08. The number of likely N-dealkylation sites (N-methyl/N-ethyl adjacent to an activating group) is 1. The van der Waals surface area contributed by atoms with Crippen LogP contribution < -0.4 is 14.4 Å². The summed E-state index contributed by atoms with van der Waals surface area (Å²) in [6.07, 6.45) is 1.43. The Morgan fingerprint density at radius 3 is 1.97 bits per heavy atom. The van der Waals surface area contributed by atoms with Crippen molar-refractivity contribution in [2.24, 2.45) is 0 Å². The lowest BCUT2D eigenvalue weighted by atomic mass is 10.1. The van der Waals surface area contributed by atoms with Gasteiger partial charge < -0.3 is 15.0 Å². The lowest BCUT2D eigenvalue weighted by Gasteiger charge is -2.32. The van der Waals surface area contributed by atoms with Crippen molar-refractivity contribution >= 4 is 27.5 Å². The normalized spacial score (nSPS) is 11.9. The highest BCUT2D eigenvalue weighted by Crippen LogP contribution is 2.26. The average molecular weight is 510 g/mol. The standard InChI is InChI=1S/C27H31N3O5S/c1-4-25(27(32)28-2)29(19-21-11-7-5-8-12-21)26(31)20-30(36(3,33)34)22-15-17-24(18-16-22)35-23-13-9-6-10-14-23/h5-18,25H,4,19-20H2,1-3H3,(H,28,32). The molecule has 0 radical (unpaired) electrons. The maximum Gasteiger partial charge on any atom is 0.244 e. The van der Waals surface area contributed by atoms with Crippen LogP contribution >= 0.6 is 0 Å². The van der Waals surface area contributed by atoms with E-state index in [0.717, 1.165) is 16.1 Å². The fraction of sp³-hybridized carbons (Fsp3) is 0.259. The van der Waals surface area contributed by atoms with Crippen LogP contribution in [0.15, 0.2) is 84.9 Å². The fourth-order valence-electron chi connectivity index (χ4n) is 3.78. The molecule has 190 valence electrons. The largest absolute Gasteiger partial charge is 0.457 e. The second kappa shape index (κ2) is 12.2. The van der Waals surface area contributed by atoms with E-state index in [1.54, 1.807) is 24.3 Å². The van der Waals surface area contributed by atoms with E-state index in [1.165, 1.54) is 11.9 Å². The lowest BCUT2D eigenvalue weighted by Crippen LogP contribution is -2.51. The van der Waals surface area contributed by atoms with Gasteiger partial charge in [0, 0.05) is 13.6 Å². The third-order valence-electron chi connectivity index (χ3n) is 5.61. The second-order valence-electron chi connectivity index (χ2n) is 8.22. The van der Waals surface area contributed by atoms with Crippen LogP contribution in [0.5, 0.6) is 11.5 Å². The molecule has 36 heavy (non-hydrogen) atoms. The van der Waals surface area contributed by atoms with E-state index in [0.29, 0.717) is 23.6 Å². The third kappa shape index (κ3) is 7.08. The molecular formula is C27H31N3O5S. The average Bonchev–Trinajstić information content (AvgIpc) is 2.88. The minimum atomic E-state index is -3.80. The number of ether oxygens (including phenoxy) is 1. The molecule has 1 atom stereocenters. The Bertz CT molecular complexity index is 1250. The van der Waals surface area contributed by atoms with Crippen molar-refractivity contribution in [3.8, 4) is 11.5 Å². The molecule has 1 unspecified atom stereocenters. The Hall–Kier alpha value is -3.85. The summed E-state index contributed by atoms with van der Waals surface area (Å²) in [6, 6.07) is 24.2. The number of carbonyl (C=O) groups excluding carboxylic acids is 2. The van der Waals surface area contributed by atoms with Gasteiger partial charge in [0.15, 0.2) is 0 Å². The molecule has 0 heterocycles. The molecule has 0 bridgehead atoms. The molecule has 0 spiro atoms. The monoisotopic (exact) mass is 509 g/mol. The number of anilines is 1. The van der Waals surface area contributed by atoms with Gasteiger partial charge in [-0.05, 0) is 48.4 Å². The molecule has 0 saturated carbocycles. The summed E-state index contributed by atoms with van der Waals surface area (Å²) in [4.78, 5) is 27.5. The molecule has 0 aliphatic rings. The van der Waals surface area contributed by atoms with Gasteiger partial charge in [-0.2, -0.15) is 0 Å². The molecule has 8 nitrogen and oxygen atoms in total. The summed E-state index contributed by atoms with van der Waals surface area (Å²) >= 11 is 0. The molecule has 1 N–H and O–H groups in total. The van der Waals surface area contributed by atoms with E-state index in [2.05, 4.69) is 5.32 Å². The number of benzene rings is 3. The van der Waals surface area contributed by atoms with Crippen molar-refractivity contribution in [1.29, 1.82) is 0 Å². The zero-order chi connectivity index (χ0) is 26.1. The van der Waals surface area contributed by atoms with E-state index in [-0.39, 0.29) is 12.5 Å². The number of carbonyl (C=O) groups is 2. The van der Waals surface area contributed by atoms with Crippen molar-refractivity contribution in [3.05, 3.63) is 90.5 Å². The number of para-hydroxylation sites is 1. The predicted octanol–water partition coefficient (Wildman–Crippen LogP) is 3.80. The Labute approximate surface area is 212 Å². The Morgan fingerprint density at radius 2 is 1.44 bits per heavy atom. The van der Waals surface area contributed by atoms with Gasteiger partial charge >= 0.3 is 0 Å². The summed E-state index contributed by atoms with van der Waals surface area (Å²) in [7, 11) is -2.29. The second-order valence-corrected chi connectivity index (χ2v) is 10.1. The van der Waals surface area contributed by atoms with E-state index < -0.39 is 28.5 Å². The van der Waals surface area contributed by atoms with Crippen LogP contribution in [0, 0.1) is 0 Å². The predicted molar refractivity (Wildman–Crippen MR) is 140 cm³/mol. The zero-order valence-electron chi connectivity index (χ0n) is 20.6. The summed E-state index contributed by atoms with van der Waals surface area (Å²) < 4.78 is 32.2. The van der Waals surface area contributed by atoms with Crippen LogP contribution in [0.25, 0.3) is 0 Å². The van der Waals surface area contributed by atoms with E-state index in [4.69, 9.17) is 4.74 Å². The molecule has 0 aliphatic heterocycles. The molecule has 0 saturated heterocycles. The summed E-state index contributed by atoms with van der Waals surface area (Å²) in [5.41, 5.74) is 1.15. The van der Waals surface area contributed by atoms with Crippen LogP contribution in [-0.2, 0) is 26.2 Å². The highest BCUT2D eigenvalue weighted by atomic mass is 32.2. The molecule has 9 heteroatoms. The third-order valence-corrected chi connectivity index (χ3v) is 6.75. The number of nitrogens with zero attached hydrogens (tertiary/aromatic N) is 2. The Morgan fingerprint density at radius 1 is 0.889 bits per heavy atom. The first-order valence-corrected chi connectivity index (χ1v) is 13.4. The Balaban J connectivity index is 1.86. The smallest absolute Gasteiger partial charge is 0.244 e. The molecule has 0 fully saturated rings. The molecular weight excluding hydrogens is 478 g/mol. The van der Waals surface area contributed by atoms with Crippen molar-refractivity contribution in [1.82, 2.24) is 10.2 Å². The van der Waals surface area contributed by atoms with Gasteiger partial charge in [0.05, 0.1) is 11.9 Å². The summed E-state index contributed by atoms with van der Waals surface area (Å²) in [5, 5.41) is 2.60. The van der Waals surface area contributed by atoms with Gasteiger partial charge in [-0.1, -0.05) is 55.5 Å². The van der Waals surface area contributed by atoms with Crippen LogP contribution in [0.4, 0.5) is 5.69 Å². The van der Waals surface area contributed by atoms with E-state index >= 15 is 0 Å². The van der Waals surface area contributed by atoms with Crippen LogP contribution in [-0.4, -0.2) is 51.0 Å². The first kappa shape index (κ1) is 26.7. The number of nitrogens with one attached hydrogen (secondary N) is 1. The van der Waals surface area contributed by atoms with Crippen LogP contribution in [0.1, 0.15) is 18.9 Å². The summed E-state index contributed by atoms with van der Waals surface area (Å²) in [6.45, 7) is 1.54. The first-order valence-electron chi connectivity index (χ1n) is 11.6. The fourth-order valence-corrected chi connectivity index (χ4v) is 4.63. The molecule has 3 aromatic rings. The molecule has 0 aromatic heterocycles. The quantitative estimate of drug-likeness (QED) is 0.424. The van der Waals surface area contributed by atoms with Crippen molar-refractivity contribution < 1.29 is 22.7 Å². The maximum absolute atomic E-state index is 13.5. The van der Waals surface area contributed by atoms with Gasteiger partial charge in [0.25, 0.3) is 0 Å². The number of hydrogen-bond donors (Lipinski definition) is 1. The minimum absolute atomic E-state index is 0.174. The van der Waals surface area contributed by atoms with Gasteiger partial charge in [-0.3, -0.25) is 13.9 Å². The first-order chi connectivity index (χ1) is 17.2. The topological polar surface area (TPSA) is 96.0 Å². The van der Waals surface area contributed by atoms with Crippen molar-refractivity contribution in [2.45, 2.75) is 25.9 Å². The number of hydrogen-bond acceptors (Lipinski definition) is 5. The van der Waals surface area contributed by atoms with Gasteiger partial charge in [-0.15, -0.1) is 0 Å². The lowest BCUT2D eigenvalue weighted by molar-refractivity contribution is -0.140. The highest BCUT2D eigenvalue weighted by Gasteiger charge is 2.31. The SMILES string of the molecule is CCC(C(=O)NC)N(Cc1ccccc1)C(=O)CN(c1ccc(Oc2ccccc2)cc1)S(C)(=O)=O. The van der Waals surface area contributed by atoms with Gasteiger partial charge in [0.2, 0.25) is 21.8 Å². The van der Waals surface area contributed by atoms with Gasteiger partial charge in [0.1, 0.15) is 24.1 Å². The maximum atomic E-state index is 13.5. The van der Waals surface area contributed by atoms with E-state index in [9.17, 15) is 18.0 Å². The highest BCUT2D eigenvalue weighted by molar-refractivity contribution is 7.92. The number of sulfonamides is 1. The number of rotatable bonds is 11. The molecule has 3 aromatic carbocycles. The number of amides is 2. The van der Waals surface area contributed by atoms with Gasteiger partial charge in [-0.25, -0.2) is 8.42 Å². The molecule has 3 rings (SSSR count). The van der Waals surface area contributed by atoms with Crippen molar-refractivity contribution in [3.63, 3.8) is 0 Å². The minimum Gasteiger partial charge on any atom is -0.457 e. The zero-order valence-corrected chi connectivity index (χ0v) is 21.4. The van der Waals surface area contributed by atoms with Crippen LogP contribution in [0.2, 0.25) is 0 Å². The molecule has 2 amide bonds. The summed E-state index contributed by atoms with van der Waals surface area (Å²) in [5.74, 6) is 0.386.